The van der Waals surface area contributed by atoms with E-state index in [2.05, 4.69) is 0 Å². The van der Waals surface area contributed by atoms with Crippen molar-refractivity contribution >= 4 is 11.9 Å². The Balaban J connectivity index is 4.30. The zero-order valence-corrected chi connectivity index (χ0v) is 11.2. The van der Waals surface area contributed by atoms with E-state index in [0.29, 0.717) is 13.0 Å². The third kappa shape index (κ3) is 6.29. The summed E-state index contributed by atoms with van der Waals surface area (Å²) in [5, 5.41) is 9.01. The molecule has 0 heterocycles. The SMILES string of the molecule is CCC(C)COC(=O)C(CC(C)CC)C(=O)O. The van der Waals surface area contributed by atoms with E-state index >= 15 is 0 Å². The minimum atomic E-state index is -1.08. The van der Waals surface area contributed by atoms with Crippen LogP contribution in [0.4, 0.5) is 0 Å². The molecular weight excluding hydrogens is 220 g/mol. The largest absolute Gasteiger partial charge is 0.481 e. The average Bonchev–Trinajstić information content (AvgIpc) is 2.31. The van der Waals surface area contributed by atoms with Gasteiger partial charge in [-0.3, -0.25) is 9.59 Å². The molecule has 4 heteroatoms. The molecule has 3 atom stereocenters. The maximum atomic E-state index is 11.7. The van der Waals surface area contributed by atoms with Crippen LogP contribution in [-0.2, 0) is 14.3 Å². The lowest BCUT2D eigenvalue weighted by molar-refractivity contribution is -0.160. The number of aliphatic carboxylic acids is 1. The molecule has 0 saturated heterocycles. The summed E-state index contributed by atoms with van der Waals surface area (Å²) < 4.78 is 5.04. The van der Waals surface area contributed by atoms with Gasteiger partial charge in [-0.1, -0.05) is 40.5 Å². The van der Waals surface area contributed by atoms with Gasteiger partial charge in [-0.15, -0.1) is 0 Å². The van der Waals surface area contributed by atoms with Gasteiger partial charge < -0.3 is 9.84 Å². The minimum absolute atomic E-state index is 0.215. The fraction of sp³-hybridized carbons (Fsp3) is 0.846. The topological polar surface area (TPSA) is 63.6 Å². The van der Waals surface area contributed by atoms with Crippen molar-refractivity contribution in [2.24, 2.45) is 17.8 Å². The second-order valence-corrected chi connectivity index (χ2v) is 4.78. The van der Waals surface area contributed by atoms with Crippen molar-refractivity contribution in [1.82, 2.24) is 0 Å². The van der Waals surface area contributed by atoms with Crippen LogP contribution in [-0.4, -0.2) is 23.7 Å². The van der Waals surface area contributed by atoms with Gasteiger partial charge in [0.2, 0.25) is 0 Å². The maximum absolute atomic E-state index is 11.7. The first-order valence-corrected chi connectivity index (χ1v) is 6.31. The summed E-state index contributed by atoms with van der Waals surface area (Å²) in [6, 6.07) is 0. The molecule has 0 aromatic carbocycles. The standard InChI is InChI=1S/C13H24O4/c1-5-9(3)7-11(12(14)15)13(16)17-8-10(4)6-2/h9-11H,5-8H2,1-4H3,(H,14,15). The summed E-state index contributed by atoms with van der Waals surface area (Å²) in [5.41, 5.74) is 0. The van der Waals surface area contributed by atoms with Crippen LogP contribution in [0.15, 0.2) is 0 Å². The molecular formula is C13H24O4. The summed E-state index contributed by atoms with van der Waals surface area (Å²) in [6.45, 7) is 8.20. The molecule has 0 radical (unpaired) electrons. The molecule has 100 valence electrons. The predicted molar refractivity (Wildman–Crippen MR) is 65.6 cm³/mol. The number of carbonyl (C=O) groups is 2. The Hall–Kier alpha value is -1.06. The number of carboxylic acids is 1. The van der Waals surface area contributed by atoms with Crippen LogP contribution in [0, 0.1) is 17.8 Å². The molecule has 1 N–H and O–H groups in total. The fourth-order valence-electron chi connectivity index (χ4n) is 1.31. The Bertz CT molecular complexity index is 250. The van der Waals surface area contributed by atoms with Gasteiger partial charge in [0.05, 0.1) is 6.61 Å². The Morgan fingerprint density at radius 3 is 2.06 bits per heavy atom. The molecule has 0 rings (SSSR count). The fourth-order valence-corrected chi connectivity index (χ4v) is 1.31. The normalized spacial score (nSPS) is 16.0. The molecule has 0 bridgehead atoms. The first-order valence-electron chi connectivity index (χ1n) is 6.31. The lowest BCUT2D eigenvalue weighted by atomic mass is 9.94. The highest BCUT2D eigenvalue weighted by molar-refractivity contribution is 5.93. The van der Waals surface area contributed by atoms with Gasteiger partial charge in [0.25, 0.3) is 0 Å². The molecule has 0 amide bonds. The Labute approximate surface area is 103 Å². The lowest BCUT2D eigenvalue weighted by Crippen LogP contribution is -2.28. The quantitative estimate of drug-likeness (QED) is 0.526. The molecule has 0 aliphatic carbocycles. The van der Waals surface area contributed by atoms with E-state index in [1.54, 1.807) is 0 Å². The van der Waals surface area contributed by atoms with Crippen molar-refractivity contribution in [2.45, 2.75) is 47.0 Å². The van der Waals surface area contributed by atoms with Crippen molar-refractivity contribution in [3.05, 3.63) is 0 Å². The first-order chi connectivity index (χ1) is 7.92. The van der Waals surface area contributed by atoms with Crippen molar-refractivity contribution in [2.75, 3.05) is 6.61 Å². The summed E-state index contributed by atoms with van der Waals surface area (Å²) >= 11 is 0. The molecule has 0 saturated carbocycles. The molecule has 0 aliphatic heterocycles. The zero-order valence-electron chi connectivity index (χ0n) is 11.2. The molecule has 0 aromatic heterocycles. The highest BCUT2D eigenvalue weighted by atomic mass is 16.5. The van der Waals surface area contributed by atoms with Crippen LogP contribution >= 0.6 is 0 Å². The van der Waals surface area contributed by atoms with E-state index in [1.165, 1.54) is 0 Å². The Morgan fingerprint density at radius 2 is 1.65 bits per heavy atom. The van der Waals surface area contributed by atoms with Gasteiger partial charge in [0, 0.05) is 0 Å². The van der Waals surface area contributed by atoms with Crippen molar-refractivity contribution in [3.8, 4) is 0 Å². The van der Waals surface area contributed by atoms with Crippen molar-refractivity contribution in [1.29, 1.82) is 0 Å². The number of ether oxygens (including phenoxy) is 1. The van der Waals surface area contributed by atoms with Gasteiger partial charge in [-0.25, -0.2) is 0 Å². The van der Waals surface area contributed by atoms with E-state index in [0.717, 1.165) is 12.8 Å². The first kappa shape index (κ1) is 15.9. The smallest absolute Gasteiger partial charge is 0.320 e. The maximum Gasteiger partial charge on any atom is 0.320 e. The average molecular weight is 244 g/mol. The molecule has 17 heavy (non-hydrogen) atoms. The number of hydrogen-bond donors (Lipinski definition) is 1. The van der Waals surface area contributed by atoms with Crippen molar-refractivity contribution in [3.63, 3.8) is 0 Å². The van der Waals surface area contributed by atoms with Crippen LogP contribution in [0.3, 0.4) is 0 Å². The van der Waals surface area contributed by atoms with E-state index in [1.807, 2.05) is 27.7 Å². The van der Waals surface area contributed by atoms with Crippen LogP contribution in [0.25, 0.3) is 0 Å². The summed E-state index contributed by atoms with van der Waals surface area (Å²) in [4.78, 5) is 22.7. The minimum Gasteiger partial charge on any atom is -0.481 e. The van der Waals surface area contributed by atoms with E-state index in [9.17, 15) is 9.59 Å². The second kappa shape index (κ2) is 8.09. The lowest BCUT2D eigenvalue weighted by Gasteiger charge is -2.16. The van der Waals surface area contributed by atoms with E-state index < -0.39 is 17.9 Å². The van der Waals surface area contributed by atoms with Crippen LogP contribution in [0.2, 0.25) is 0 Å². The van der Waals surface area contributed by atoms with Gasteiger partial charge in [0.15, 0.2) is 5.92 Å². The predicted octanol–water partition coefficient (Wildman–Crippen LogP) is 2.71. The van der Waals surface area contributed by atoms with Crippen LogP contribution in [0.5, 0.6) is 0 Å². The number of carboxylic acid groups (broad SMARTS) is 1. The molecule has 0 aromatic rings. The van der Waals surface area contributed by atoms with Crippen molar-refractivity contribution < 1.29 is 19.4 Å². The Kier molecular flexibility index (Phi) is 7.59. The van der Waals surface area contributed by atoms with Crippen LogP contribution in [0.1, 0.15) is 47.0 Å². The van der Waals surface area contributed by atoms with Gasteiger partial charge in [0.1, 0.15) is 0 Å². The monoisotopic (exact) mass is 244 g/mol. The number of esters is 1. The van der Waals surface area contributed by atoms with Gasteiger partial charge in [-0.05, 0) is 18.3 Å². The van der Waals surface area contributed by atoms with E-state index in [-0.39, 0.29) is 11.8 Å². The molecule has 0 fully saturated rings. The van der Waals surface area contributed by atoms with Crippen LogP contribution < -0.4 is 0 Å². The third-order valence-corrected chi connectivity index (χ3v) is 3.12. The third-order valence-electron chi connectivity index (χ3n) is 3.12. The van der Waals surface area contributed by atoms with Gasteiger partial charge >= 0.3 is 11.9 Å². The van der Waals surface area contributed by atoms with E-state index in [4.69, 9.17) is 9.84 Å². The Morgan fingerprint density at radius 1 is 1.12 bits per heavy atom. The number of hydrogen-bond acceptors (Lipinski definition) is 3. The van der Waals surface area contributed by atoms with Gasteiger partial charge in [-0.2, -0.15) is 0 Å². The molecule has 4 nitrogen and oxygen atoms in total. The summed E-state index contributed by atoms with van der Waals surface area (Å²) in [7, 11) is 0. The summed E-state index contributed by atoms with van der Waals surface area (Å²) in [6.07, 6.45) is 2.13. The second-order valence-electron chi connectivity index (χ2n) is 4.78. The molecule has 0 spiro atoms. The molecule has 3 unspecified atom stereocenters. The molecule has 0 aliphatic rings. The zero-order chi connectivity index (χ0) is 13.4. The number of rotatable bonds is 8. The highest BCUT2D eigenvalue weighted by Crippen LogP contribution is 2.17. The highest BCUT2D eigenvalue weighted by Gasteiger charge is 2.29. The summed E-state index contributed by atoms with van der Waals surface area (Å²) in [5.74, 6) is -2.21. The number of carbonyl (C=O) groups excluding carboxylic acids is 1.